The van der Waals surface area contributed by atoms with E-state index in [-0.39, 0.29) is 0 Å². The molecular weight excluding hydrogens is 286 g/mol. The van der Waals surface area contributed by atoms with Crippen LogP contribution < -0.4 is 5.73 Å². The largest absolute Gasteiger partial charge is 0.398 e. The average molecular weight is 300 g/mol. The summed E-state index contributed by atoms with van der Waals surface area (Å²) in [6.07, 6.45) is 2.43. The van der Waals surface area contributed by atoms with Crippen LogP contribution in [0.4, 0.5) is 5.69 Å². The smallest absolute Gasteiger partial charge is 0.182 e. The predicted octanol–water partition coefficient (Wildman–Crippen LogP) is 1.34. The zero-order chi connectivity index (χ0) is 13.8. The highest BCUT2D eigenvalue weighted by Crippen LogP contribution is 2.25. The molecule has 0 spiro atoms. The monoisotopic (exact) mass is 299 g/mol. The highest BCUT2D eigenvalue weighted by Gasteiger charge is 2.10. The fourth-order valence-corrected chi connectivity index (χ4v) is 2.36. The van der Waals surface area contributed by atoms with Crippen molar-refractivity contribution in [1.29, 1.82) is 0 Å². The van der Waals surface area contributed by atoms with Gasteiger partial charge in [-0.2, -0.15) is 0 Å². The highest BCUT2D eigenvalue weighted by molar-refractivity contribution is 7.84. The van der Waals surface area contributed by atoms with Crippen LogP contribution in [0.25, 0.3) is 11.4 Å². The minimum absolute atomic E-state index is 0.474. The molecule has 2 aromatic rings. The van der Waals surface area contributed by atoms with Crippen molar-refractivity contribution < 1.29 is 4.21 Å². The summed E-state index contributed by atoms with van der Waals surface area (Å²) >= 11 is 5.99. The lowest BCUT2D eigenvalue weighted by molar-refractivity contribution is 0.583. The number of nitrogens with zero attached hydrogens (tertiary/aromatic N) is 4. The second-order valence-corrected chi connectivity index (χ2v) is 6.05. The Morgan fingerprint density at radius 3 is 2.95 bits per heavy atom. The van der Waals surface area contributed by atoms with E-state index in [1.165, 1.54) is 0 Å². The van der Waals surface area contributed by atoms with E-state index in [0.29, 0.717) is 28.8 Å². The molecule has 0 saturated heterocycles. The van der Waals surface area contributed by atoms with E-state index in [1.54, 1.807) is 23.1 Å². The number of nitrogen functional groups attached to an aromatic ring is 1. The van der Waals surface area contributed by atoms with E-state index in [0.717, 1.165) is 12.0 Å². The Hall–Kier alpha value is -1.47. The van der Waals surface area contributed by atoms with Crippen molar-refractivity contribution in [2.75, 3.05) is 17.7 Å². The van der Waals surface area contributed by atoms with Gasteiger partial charge in [0.2, 0.25) is 0 Å². The molecule has 0 fully saturated rings. The Bertz CT molecular complexity index is 601. The normalized spacial score (nSPS) is 12.5. The standard InChI is InChI=1S/C11H14ClN5OS/c1-19(18)6-2-5-17-11(14-15-16-17)8-3-4-10(13)9(12)7-8/h3-4,7H,2,5-6,13H2,1H3. The molecule has 19 heavy (non-hydrogen) atoms. The van der Waals surface area contributed by atoms with E-state index in [2.05, 4.69) is 15.5 Å². The Morgan fingerprint density at radius 2 is 2.26 bits per heavy atom. The molecular formula is C11H14ClN5OS. The van der Waals surface area contributed by atoms with Gasteiger partial charge < -0.3 is 5.73 Å². The lowest BCUT2D eigenvalue weighted by Crippen LogP contribution is -2.06. The van der Waals surface area contributed by atoms with Crippen molar-refractivity contribution in [3.8, 4) is 11.4 Å². The molecule has 0 aliphatic rings. The lowest BCUT2D eigenvalue weighted by atomic mass is 10.2. The van der Waals surface area contributed by atoms with Crippen LogP contribution in [0, 0.1) is 0 Å². The number of benzene rings is 1. The summed E-state index contributed by atoms with van der Waals surface area (Å²) in [7, 11) is -0.804. The SMILES string of the molecule is CS(=O)CCCn1nnnc1-c1ccc(N)c(Cl)c1. The lowest BCUT2D eigenvalue weighted by Gasteiger charge is -2.05. The van der Waals surface area contributed by atoms with E-state index < -0.39 is 10.8 Å². The molecule has 2 N–H and O–H groups in total. The topological polar surface area (TPSA) is 86.7 Å². The minimum Gasteiger partial charge on any atom is -0.398 e. The van der Waals surface area contributed by atoms with Crippen LogP contribution in [0.3, 0.4) is 0 Å². The van der Waals surface area contributed by atoms with Gasteiger partial charge in [0.15, 0.2) is 5.82 Å². The molecule has 102 valence electrons. The summed E-state index contributed by atoms with van der Waals surface area (Å²) in [6.45, 7) is 0.615. The average Bonchev–Trinajstić information content (AvgIpc) is 2.80. The van der Waals surface area contributed by atoms with Crippen molar-refractivity contribution in [3.05, 3.63) is 23.2 Å². The first-order valence-corrected chi connectivity index (χ1v) is 7.80. The molecule has 2 rings (SSSR count). The summed E-state index contributed by atoms with van der Waals surface area (Å²) in [5, 5.41) is 12.0. The highest BCUT2D eigenvalue weighted by atomic mass is 35.5. The van der Waals surface area contributed by atoms with Crippen LogP contribution >= 0.6 is 11.6 Å². The summed E-state index contributed by atoms with van der Waals surface area (Å²) < 4.78 is 12.7. The molecule has 1 atom stereocenters. The third-order valence-electron chi connectivity index (χ3n) is 2.59. The molecule has 0 radical (unpaired) electrons. The number of aromatic nitrogens is 4. The third-order valence-corrected chi connectivity index (χ3v) is 3.78. The van der Waals surface area contributed by atoms with Crippen LogP contribution in [-0.2, 0) is 17.3 Å². The van der Waals surface area contributed by atoms with Crippen molar-refractivity contribution >= 4 is 28.1 Å². The van der Waals surface area contributed by atoms with E-state index in [9.17, 15) is 4.21 Å². The molecule has 1 heterocycles. The number of nitrogens with two attached hydrogens (primary N) is 1. The van der Waals surface area contributed by atoms with Gasteiger partial charge >= 0.3 is 0 Å². The van der Waals surface area contributed by atoms with Gasteiger partial charge in [-0.3, -0.25) is 4.21 Å². The molecule has 1 aromatic heterocycles. The van der Waals surface area contributed by atoms with Gasteiger partial charge in [-0.05, 0) is 35.0 Å². The Morgan fingerprint density at radius 1 is 1.47 bits per heavy atom. The quantitative estimate of drug-likeness (QED) is 0.842. The second-order valence-electron chi connectivity index (χ2n) is 4.09. The number of halogens is 1. The maximum Gasteiger partial charge on any atom is 0.182 e. The number of anilines is 1. The van der Waals surface area contributed by atoms with Crippen LogP contribution in [0.5, 0.6) is 0 Å². The van der Waals surface area contributed by atoms with E-state index >= 15 is 0 Å². The maximum absolute atomic E-state index is 11.0. The van der Waals surface area contributed by atoms with Gasteiger partial charge in [0.1, 0.15) is 0 Å². The number of hydrogen-bond donors (Lipinski definition) is 1. The maximum atomic E-state index is 11.0. The molecule has 0 bridgehead atoms. The van der Waals surface area contributed by atoms with Gasteiger partial charge in [0.05, 0.1) is 10.7 Å². The number of tetrazole rings is 1. The van der Waals surface area contributed by atoms with Crippen molar-refractivity contribution in [2.24, 2.45) is 0 Å². The van der Waals surface area contributed by atoms with Crippen LogP contribution in [-0.4, -0.2) is 36.4 Å². The molecule has 6 nitrogen and oxygen atoms in total. The molecule has 0 amide bonds. The van der Waals surface area contributed by atoms with E-state index in [4.69, 9.17) is 17.3 Å². The van der Waals surface area contributed by atoms with E-state index in [1.807, 2.05) is 6.07 Å². The first-order chi connectivity index (χ1) is 9.08. The van der Waals surface area contributed by atoms with Crippen molar-refractivity contribution in [2.45, 2.75) is 13.0 Å². The van der Waals surface area contributed by atoms with Crippen LogP contribution in [0.15, 0.2) is 18.2 Å². The predicted molar refractivity (Wildman–Crippen MR) is 76.2 cm³/mol. The Kier molecular flexibility index (Phi) is 4.49. The number of hydrogen-bond acceptors (Lipinski definition) is 5. The molecule has 1 aromatic carbocycles. The third kappa shape index (κ3) is 3.51. The van der Waals surface area contributed by atoms with Gasteiger partial charge in [-0.25, -0.2) is 4.68 Å². The second kappa shape index (κ2) is 6.12. The van der Waals surface area contributed by atoms with Gasteiger partial charge in [0.25, 0.3) is 0 Å². The first kappa shape index (κ1) is 14.0. The number of aryl methyl sites for hydroxylation is 1. The summed E-state index contributed by atoms with van der Waals surface area (Å²) in [4.78, 5) is 0. The summed E-state index contributed by atoms with van der Waals surface area (Å²) in [5.74, 6) is 1.26. The molecule has 1 unspecified atom stereocenters. The fraction of sp³-hybridized carbons (Fsp3) is 0.364. The van der Waals surface area contributed by atoms with Crippen LogP contribution in [0.2, 0.25) is 5.02 Å². The Balaban J connectivity index is 2.18. The van der Waals surface area contributed by atoms with Gasteiger partial charge in [-0.15, -0.1) is 5.10 Å². The molecule has 0 aliphatic heterocycles. The number of rotatable bonds is 5. The fourth-order valence-electron chi connectivity index (χ4n) is 1.65. The zero-order valence-electron chi connectivity index (χ0n) is 10.4. The van der Waals surface area contributed by atoms with Crippen molar-refractivity contribution in [3.63, 3.8) is 0 Å². The molecule has 0 aliphatic carbocycles. The van der Waals surface area contributed by atoms with Gasteiger partial charge in [-0.1, -0.05) is 11.6 Å². The summed E-state index contributed by atoms with van der Waals surface area (Å²) in [5.41, 5.74) is 7.00. The van der Waals surface area contributed by atoms with Crippen molar-refractivity contribution in [1.82, 2.24) is 20.2 Å². The Labute approximate surface area is 118 Å². The first-order valence-electron chi connectivity index (χ1n) is 5.69. The van der Waals surface area contributed by atoms with Gasteiger partial charge in [0, 0.05) is 34.9 Å². The van der Waals surface area contributed by atoms with Crippen LogP contribution in [0.1, 0.15) is 6.42 Å². The molecule has 8 heteroatoms. The minimum atomic E-state index is -0.804. The molecule has 0 saturated carbocycles. The summed E-state index contributed by atoms with van der Waals surface area (Å²) in [6, 6.07) is 5.27. The zero-order valence-corrected chi connectivity index (χ0v) is 12.0.